The lowest BCUT2D eigenvalue weighted by Gasteiger charge is -2.31. The Hall–Kier alpha value is -0.610. The maximum atomic E-state index is 11.6. The number of carbonyl (C=O) groups is 1. The van der Waals surface area contributed by atoms with Gasteiger partial charge in [0.2, 0.25) is 5.91 Å². The fraction of sp³-hybridized carbons (Fsp3) is 0.929. The smallest absolute Gasteiger partial charge is 0.220 e. The number of likely N-dealkylation sites (tertiary alicyclic amines) is 1. The molecular weight excluding hydrogens is 228 g/mol. The molecule has 1 fully saturated rings. The molecule has 0 spiro atoms. The highest BCUT2D eigenvalue weighted by atomic mass is 16.3. The molecule has 0 aromatic rings. The summed E-state index contributed by atoms with van der Waals surface area (Å²) >= 11 is 0. The second-order valence-electron chi connectivity index (χ2n) is 5.75. The molecule has 4 nitrogen and oxygen atoms in total. The SMILES string of the molecule is CC(O)CCC(=O)NCC(C(C)C)N1CCCC1. The van der Waals surface area contributed by atoms with Crippen molar-refractivity contribution in [2.45, 2.75) is 58.6 Å². The van der Waals surface area contributed by atoms with Gasteiger partial charge < -0.3 is 10.4 Å². The van der Waals surface area contributed by atoms with Crippen LogP contribution in [0.3, 0.4) is 0 Å². The highest BCUT2D eigenvalue weighted by Gasteiger charge is 2.24. The third kappa shape index (κ3) is 5.36. The Morgan fingerprint density at radius 3 is 2.39 bits per heavy atom. The van der Waals surface area contributed by atoms with Crippen LogP contribution >= 0.6 is 0 Å². The molecular formula is C14H28N2O2. The Morgan fingerprint density at radius 1 is 1.28 bits per heavy atom. The monoisotopic (exact) mass is 256 g/mol. The van der Waals surface area contributed by atoms with Gasteiger partial charge in [-0.3, -0.25) is 9.69 Å². The van der Waals surface area contributed by atoms with Crippen LogP contribution in [-0.4, -0.2) is 47.7 Å². The molecule has 0 radical (unpaired) electrons. The molecule has 0 aromatic carbocycles. The average Bonchev–Trinajstić information content (AvgIpc) is 2.79. The quantitative estimate of drug-likeness (QED) is 0.723. The molecule has 2 N–H and O–H groups in total. The number of amides is 1. The van der Waals surface area contributed by atoms with Gasteiger partial charge in [0.1, 0.15) is 0 Å². The van der Waals surface area contributed by atoms with Crippen LogP contribution in [0.1, 0.15) is 46.5 Å². The van der Waals surface area contributed by atoms with Crippen molar-refractivity contribution in [2.24, 2.45) is 5.92 Å². The maximum Gasteiger partial charge on any atom is 0.220 e. The highest BCUT2D eigenvalue weighted by molar-refractivity contribution is 5.75. The van der Waals surface area contributed by atoms with Crippen molar-refractivity contribution in [2.75, 3.05) is 19.6 Å². The summed E-state index contributed by atoms with van der Waals surface area (Å²) in [6.45, 7) is 9.19. The molecule has 1 aliphatic heterocycles. The third-order valence-electron chi connectivity index (χ3n) is 3.68. The van der Waals surface area contributed by atoms with Crippen LogP contribution in [0, 0.1) is 5.92 Å². The molecule has 106 valence electrons. The Balaban J connectivity index is 2.30. The molecule has 2 atom stereocenters. The summed E-state index contributed by atoms with van der Waals surface area (Å²) in [5.74, 6) is 0.612. The van der Waals surface area contributed by atoms with E-state index in [1.54, 1.807) is 6.92 Å². The number of hydrogen-bond acceptors (Lipinski definition) is 3. The van der Waals surface area contributed by atoms with Crippen molar-refractivity contribution < 1.29 is 9.90 Å². The fourth-order valence-corrected chi connectivity index (χ4v) is 2.51. The summed E-state index contributed by atoms with van der Waals surface area (Å²) < 4.78 is 0. The normalized spacial score (nSPS) is 20.1. The summed E-state index contributed by atoms with van der Waals surface area (Å²) in [6, 6.07) is 0.447. The van der Waals surface area contributed by atoms with E-state index in [1.165, 1.54) is 12.8 Å². The first-order valence-electron chi connectivity index (χ1n) is 7.19. The number of nitrogens with zero attached hydrogens (tertiary/aromatic N) is 1. The van der Waals surface area contributed by atoms with E-state index in [2.05, 4.69) is 24.1 Å². The van der Waals surface area contributed by atoms with Crippen LogP contribution in [0.25, 0.3) is 0 Å². The fourth-order valence-electron chi connectivity index (χ4n) is 2.51. The van der Waals surface area contributed by atoms with Crippen molar-refractivity contribution in [3.63, 3.8) is 0 Å². The van der Waals surface area contributed by atoms with E-state index in [4.69, 9.17) is 5.11 Å². The largest absolute Gasteiger partial charge is 0.393 e. The highest BCUT2D eigenvalue weighted by Crippen LogP contribution is 2.17. The van der Waals surface area contributed by atoms with E-state index in [0.717, 1.165) is 19.6 Å². The van der Waals surface area contributed by atoms with Crippen molar-refractivity contribution >= 4 is 5.91 Å². The van der Waals surface area contributed by atoms with Crippen molar-refractivity contribution in [1.29, 1.82) is 0 Å². The van der Waals surface area contributed by atoms with Crippen molar-refractivity contribution in [3.8, 4) is 0 Å². The molecule has 1 heterocycles. The second-order valence-corrected chi connectivity index (χ2v) is 5.75. The third-order valence-corrected chi connectivity index (χ3v) is 3.68. The van der Waals surface area contributed by atoms with Gasteiger partial charge in [0.15, 0.2) is 0 Å². The number of hydrogen-bond donors (Lipinski definition) is 2. The zero-order valence-electron chi connectivity index (χ0n) is 12.0. The summed E-state index contributed by atoms with van der Waals surface area (Å²) in [7, 11) is 0. The van der Waals surface area contributed by atoms with Crippen LogP contribution in [-0.2, 0) is 4.79 Å². The lowest BCUT2D eigenvalue weighted by atomic mass is 10.0. The van der Waals surface area contributed by atoms with Gasteiger partial charge in [-0.05, 0) is 45.2 Å². The molecule has 0 bridgehead atoms. The summed E-state index contributed by atoms with van der Waals surface area (Å²) in [6.07, 6.45) is 3.12. The molecule has 18 heavy (non-hydrogen) atoms. The topological polar surface area (TPSA) is 52.6 Å². The van der Waals surface area contributed by atoms with Gasteiger partial charge in [-0.1, -0.05) is 13.8 Å². The Kier molecular flexibility index (Phi) is 6.65. The van der Waals surface area contributed by atoms with Crippen molar-refractivity contribution in [1.82, 2.24) is 10.2 Å². The Labute approximate surface area is 111 Å². The molecule has 0 aliphatic carbocycles. The van der Waals surface area contributed by atoms with Gasteiger partial charge in [-0.2, -0.15) is 0 Å². The number of aliphatic hydroxyl groups excluding tert-OH is 1. The van der Waals surface area contributed by atoms with Gasteiger partial charge in [0, 0.05) is 19.0 Å². The zero-order chi connectivity index (χ0) is 13.5. The van der Waals surface area contributed by atoms with Crippen LogP contribution in [0.2, 0.25) is 0 Å². The molecule has 2 unspecified atom stereocenters. The van der Waals surface area contributed by atoms with E-state index in [-0.39, 0.29) is 5.91 Å². The molecule has 0 saturated carbocycles. The summed E-state index contributed by atoms with van der Waals surface area (Å²) in [5.41, 5.74) is 0. The first-order valence-corrected chi connectivity index (χ1v) is 7.19. The summed E-state index contributed by atoms with van der Waals surface area (Å²) in [4.78, 5) is 14.1. The van der Waals surface area contributed by atoms with Crippen LogP contribution in [0.5, 0.6) is 0 Å². The van der Waals surface area contributed by atoms with Crippen LogP contribution in [0.15, 0.2) is 0 Å². The second kappa shape index (κ2) is 7.74. The van der Waals surface area contributed by atoms with Gasteiger partial charge in [-0.15, -0.1) is 0 Å². The van der Waals surface area contributed by atoms with E-state index < -0.39 is 6.10 Å². The molecule has 1 rings (SSSR count). The lowest BCUT2D eigenvalue weighted by Crippen LogP contribution is -2.45. The molecule has 4 heteroatoms. The van der Waals surface area contributed by atoms with Crippen molar-refractivity contribution in [3.05, 3.63) is 0 Å². The molecule has 0 aromatic heterocycles. The van der Waals surface area contributed by atoms with E-state index >= 15 is 0 Å². The van der Waals surface area contributed by atoms with Gasteiger partial charge in [0.25, 0.3) is 0 Å². The molecule has 1 saturated heterocycles. The summed E-state index contributed by atoms with van der Waals surface area (Å²) in [5, 5.41) is 12.2. The molecule has 1 amide bonds. The number of nitrogens with one attached hydrogen (secondary N) is 1. The Morgan fingerprint density at radius 2 is 1.89 bits per heavy atom. The first-order chi connectivity index (χ1) is 8.50. The average molecular weight is 256 g/mol. The number of rotatable bonds is 7. The van der Waals surface area contributed by atoms with E-state index in [9.17, 15) is 4.79 Å². The minimum Gasteiger partial charge on any atom is -0.393 e. The van der Waals surface area contributed by atoms with Gasteiger partial charge in [-0.25, -0.2) is 0 Å². The predicted molar refractivity (Wildman–Crippen MR) is 73.4 cm³/mol. The lowest BCUT2D eigenvalue weighted by molar-refractivity contribution is -0.121. The minimum absolute atomic E-state index is 0.0562. The van der Waals surface area contributed by atoms with Crippen LogP contribution in [0.4, 0.5) is 0 Å². The number of aliphatic hydroxyl groups is 1. The van der Waals surface area contributed by atoms with E-state index in [0.29, 0.717) is 24.8 Å². The van der Waals surface area contributed by atoms with Crippen LogP contribution < -0.4 is 5.32 Å². The standard InChI is InChI=1S/C14H28N2O2/c1-11(2)13(16-8-4-5-9-16)10-15-14(18)7-6-12(3)17/h11-13,17H,4-10H2,1-3H3,(H,15,18). The maximum absolute atomic E-state index is 11.6. The zero-order valence-corrected chi connectivity index (χ0v) is 12.0. The minimum atomic E-state index is -0.393. The predicted octanol–water partition coefficient (Wildman–Crippen LogP) is 1.38. The molecule has 1 aliphatic rings. The first kappa shape index (κ1) is 15.4. The van der Waals surface area contributed by atoms with E-state index in [1.807, 2.05) is 0 Å². The van der Waals surface area contributed by atoms with Gasteiger partial charge in [0.05, 0.1) is 6.10 Å². The Bertz CT molecular complexity index is 248. The number of carbonyl (C=O) groups excluding carboxylic acids is 1. The van der Waals surface area contributed by atoms with Gasteiger partial charge >= 0.3 is 0 Å².